The molecule has 146 valence electrons. The summed E-state index contributed by atoms with van der Waals surface area (Å²) in [6.07, 6.45) is 0. The lowest BCUT2D eigenvalue weighted by Crippen LogP contribution is -2.21. The second-order valence-corrected chi connectivity index (χ2v) is 7.25. The first-order chi connectivity index (χ1) is 14.1. The van der Waals surface area contributed by atoms with Gasteiger partial charge >= 0.3 is 0 Å². The summed E-state index contributed by atoms with van der Waals surface area (Å²) >= 11 is 3.45. The van der Waals surface area contributed by atoms with Crippen LogP contribution in [0.25, 0.3) is 11.3 Å². The first kappa shape index (κ1) is 18.9. The highest BCUT2D eigenvalue weighted by molar-refractivity contribution is 9.10. The molecule has 0 saturated carbocycles. The number of para-hydroxylation sites is 1. The fourth-order valence-corrected chi connectivity index (χ4v) is 3.80. The second-order valence-electron chi connectivity index (χ2n) is 6.33. The summed E-state index contributed by atoms with van der Waals surface area (Å²) in [5.41, 5.74) is 9.43. The summed E-state index contributed by atoms with van der Waals surface area (Å²) in [4.78, 5) is 0. The van der Waals surface area contributed by atoms with Crippen LogP contribution in [-0.2, 0) is 0 Å². The smallest absolute Gasteiger partial charge is 0.244 e. The van der Waals surface area contributed by atoms with Crippen molar-refractivity contribution in [3.63, 3.8) is 0 Å². The van der Waals surface area contributed by atoms with E-state index in [1.54, 1.807) is 20.3 Å². The van der Waals surface area contributed by atoms with Crippen molar-refractivity contribution in [1.82, 2.24) is 10.2 Å². The Balaban J connectivity index is 1.99. The molecule has 1 aromatic heterocycles. The largest absolute Gasteiger partial charge is 0.493 e. The number of methoxy groups -OCH3 is 2. The molecule has 0 amide bonds. The molecular weight excluding hydrogens is 436 g/mol. The van der Waals surface area contributed by atoms with Crippen molar-refractivity contribution in [2.45, 2.75) is 5.92 Å². The van der Waals surface area contributed by atoms with Crippen molar-refractivity contribution in [3.8, 4) is 34.7 Å². The third kappa shape index (κ3) is 3.09. The molecule has 2 aromatic carbocycles. The van der Waals surface area contributed by atoms with Crippen LogP contribution < -0.4 is 19.9 Å². The van der Waals surface area contributed by atoms with Crippen LogP contribution in [0.5, 0.6) is 17.4 Å². The first-order valence-corrected chi connectivity index (χ1v) is 9.51. The van der Waals surface area contributed by atoms with E-state index in [9.17, 15) is 5.26 Å². The molecule has 1 aliphatic rings. The number of benzene rings is 2. The molecule has 4 rings (SSSR count). The molecule has 0 spiro atoms. The molecule has 1 atom stereocenters. The number of nitriles is 1. The van der Waals surface area contributed by atoms with Gasteiger partial charge in [0.15, 0.2) is 11.5 Å². The van der Waals surface area contributed by atoms with E-state index in [0.29, 0.717) is 22.9 Å². The number of nitrogens with one attached hydrogen (secondary N) is 1. The quantitative estimate of drug-likeness (QED) is 0.617. The second kappa shape index (κ2) is 7.53. The lowest BCUT2D eigenvalue weighted by atomic mass is 9.82. The molecule has 0 radical (unpaired) electrons. The molecule has 3 N–H and O–H groups in total. The SMILES string of the molecule is COc1cccc([C@H]2C(C#N)=C(N)Oc3n[nH]c(-c4ccc(Br)cc4)c32)c1OC. The highest BCUT2D eigenvalue weighted by Gasteiger charge is 2.37. The van der Waals surface area contributed by atoms with Gasteiger partial charge in [0.2, 0.25) is 11.8 Å². The monoisotopic (exact) mass is 452 g/mol. The predicted molar refractivity (Wildman–Crippen MR) is 111 cm³/mol. The fourth-order valence-electron chi connectivity index (χ4n) is 3.53. The maximum atomic E-state index is 9.87. The summed E-state index contributed by atoms with van der Waals surface area (Å²) < 4.78 is 17.7. The minimum absolute atomic E-state index is 0.0173. The number of H-pyrrole nitrogens is 1. The van der Waals surface area contributed by atoms with Gasteiger partial charge < -0.3 is 19.9 Å². The number of hydrogen-bond donors (Lipinski definition) is 2. The third-order valence-electron chi connectivity index (χ3n) is 4.82. The number of nitrogens with two attached hydrogens (primary N) is 1. The van der Waals surface area contributed by atoms with Gasteiger partial charge in [-0.15, -0.1) is 5.10 Å². The van der Waals surface area contributed by atoms with Gasteiger partial charge in [-0.3, -0.25) is 5.10 Å². The van der Waals surface area contributed by atoms with Crippen LogP contribution in [0, 0.1) is 11.3 Å². The zero-order chi connectivity index (χ0) is 20.5. The normalized spacial score (nSPS) is 15.3. The van der Waals surface area contributed by atoms with Gasteiger partial charge in [0.25, 0.3) is 0 Å². The standard InChI is InChI=1S/C21H17BrN4O3/c1-27-15-5-3-4-13(19(15)28-2)16-14(10-23)20(24)29-21-17(16)18(25-26-21)11-6-8-12(22)9-7-11/h3-9,16H,24H2,1-2H3,(H,25,26)/t16-/m0/s1. The van der Waals surface area contributed by atoms with E-state index < -0.39 is 5.92 Å². The van der Waals surface area contributed by atoms with Crippen LogP contribution in [0.2, 0.25) is 0 Å². The Labute approximate surface area is 175 Å². The van der Waals surface area contributed by atoms with Gasteiger partial charge in [-0.05, 0) is 18.2 Å². The number of halogens is 1. The van der Waals surface area contributed by atoms with Crippen molar-refractivity contribution in [1.29, 1.82) is 5.26 Å². The minimum Gasteiger partial charge on any atom is -0.493 e. The Hall–Kier alpha value is -3.44. The number of rotatable bonds is 4. The molecule has 0 fully saturated rings. The van der Waals surface area contributed by atoms with Crippen LogP contribution in [0.3, 0.4) is 0 Å². The zero-order valence-electron chi connectivity index (χ0n) is 15.7. The van der Waals surface area contributed by atoms with Crippen molar-refractivity contribution < 1.29 is 14.2 Å². The lowest BCUT2D eigenvalue weighted by Gasteiger charge is -2.26. The van der Waals surface area contributed by atoms with E-state index in [-0.39, 0.29) is 11.5 Å². The number of aromatic nitrogens is 2. The van der Waals surface area contributed by atoms with Gasteiger partial charge in [-0.2, -0.15) is 5.26 Å². The number of nitrogens with zero attached hydrogens (tertiary/aromatic N) is 2. The number of aromatic amines is 1. The van der Waals surface area contributed by atoms with Crippen LogP contribution in [0.1, 0.15) is 17.0 Å². The summed E-state index contributed by atoms with van der Waals surface area (Å²) in [7, 11) is 3.13. The number of hydrogen-bond acceptors (Lipinski definition) is 6. The van der Waals surface area contributed by atoms with E-state index in [4.69, 9.17) is 19.9 Å². The third-order valence-corrected chi connectivity index (χ3v) is 5.34. The summed E-state index contributed by atoms with van der Waals surface area (Å²) in [5, 5.41) is 17.2. The maximum absolute atomic E-state index is 9.87. The molecular formula is C21H17BrN4O3. The Bertz CT molecular complexity index is 1150. The van der Waals surface area contributed by atoms with Gasteiger partial charge in [-0.1, -0.05) is 40.2 Å². The summed E-state index contributed by atoms with van der Waals surface area (Å²) in [5.74, 6) is 0.892. The molecule has 0 unspecified atom stereocenters. The highest BCUT2D eigenvalue weighted by atomic mass is 79.9. The highest BCUT2D eigenvalue weighted by Crippen LogP contribution is 2.49. The Morgan fingerprint density at radius 3 is 2.59 bits per heavy atom. The number of fused-ring (bicyclic) bond motifs is 1. The Morgan fingerprint density at radius 1 is 1.17 bits per heavy atom. The molecule has 2 heterocycles. The molecule has 3 aromatic rings. The summed E-state index contributed by atoms with van der Waals surface area (Å²) in [6, 6.07) is 15.5. The van der Waals surface area contributed by atoms with E-state index in [1.807, 2.05) is 36.4 Å². The molecule has 8 heteroatoms. The summed E-state index contributed by atoms with van der Waals surface area (Å²) in [6.45, 7) is 0. The van der Waals surface area contributed by atoms with Crippen LogP contribution in [0.4, 0.5) is 0 Å². The number of ether oxygens (including phenoxy) is 3. The van der Waals surface area contributed by atoms with Gasteiger partial charge in [0.05, 0.1) is 31.4 Å². The van der Waals surface area contributed by atoms with Crippen LogP contribution in [-0.4, -0.2) is 24.4 Å². The zero-order valence-corrected chi connectivity index (χ0v) is 17.3. The van der Waals surface area contributed by atoms with Crippen LogP contribution in [0.15, 0.2) is 58.4 Å². The Morgan fingerprint density at radius 2 is 1.93 bits per heavy atom. The molecule has 29 heavy (non-hydrogen) atoms. The van der Waals surface area contributed by atoms with E-state index in [0.717, 1.165) is 21.3 Å². The lowest BCUT2D eigenvalue weighted by molar-refractivity contribution is 0.348. The molecule has 1 aliphatic heterocycles. The van der Waals surface area contributed by atoms with Gasteiger partial charge in [-0.25, -0.2) is 0 Å². The van der Waals surface area contributed by atoms with Crippen molar-refractivity contribution in [3.05, 3.63) is 69.5 Å². The average Bonchev–Trinajstić information content (AvgIpc) is 3.15. The van der Waals surface area contributed by atoms with Crippen molar-refractivity contribution in [2.24, 2.45) is 5.73 Å². The van der Waals surface area contributed by atoms with Crippen molar-refractivity contribution >= 4 is 15.9 Å². The van der Waals surface area contributed by atoms with E-state index in [2.05, 4.69) is 32.2 Å². The topological polar surface area (TPSA) is 106 Å². The molecule has 0 saturated heterocycles. The first-order valence-electron chi connectivity index (χ1n) is 8.71. The van der Waals surface area contributed by atoms with Gasteiger partial charge in [0.1, 0.15) is 11.6 Å². The van der Waals surface area contributed by atoms with Crippen molar-refractivity contribution in [2.75, 3.05) is 14.2 Å². The van der Waals surface area contributed by atoms with Gasteiger partial charge in [0, 0.05) is 15.6 Å². The Kier molecular flexibility index (Phi) is 4.91. The average molecular weight is 453 g/mol. The van der Waals surface area contributed by atoms with E-state index in [1.165, 1.54) is 0 Å². The van der Waals surface area contributed by atoms with Crippen LogP contribution >= 0.6 is 15.9 Å². The fraction of sp³-hybridized carbons (Fsp3) is 0.143. The van der Waals surface area contributed by atoms with E-state index >= 15 is 0 Å². The maximum Gasteiger partial charge on any atom is 0.244 e. The molecule has 0 aliphatic carbocycles. The minimum atomic E-state index is -0.536. The molecule has 0 bridgehead atoms. The number of allylic oxidation sites excluding steroid dienone is 1. The molecule has 7 nitrogen and oxygen atoms in total. The predicted octanol–water partition coefficient (Wildman–Crippen LogP) is 4.07.